The first-order chi connectivity index (χ1) is 6.27. The van der Waals surface area contributed by atoms with Crippen LogP contribution in [-0.2, 0) is 4.74 Å². The third-order valence-corrected chi connectivity index (χ3v) is 1.31. The molecule has 64 valence electrons. The van der Waals surface area contributed by atoms with Crippen LogP contribution in [0.25, 0.3) is 0 Å². The molecule has 1 aliphatic heterocycles. The molecule has 0 saturated carbocycles. The highest BCUT2D eigenvalue weighted by Gasteiger charge is 2.16. The van der Waals surface area contributed by atoms with Gasteiger partial charge in [0.25, 0.3) is 11.8 Å². The van der Waals surface area contributed by atoms with E-state index in [-0.39, 0.29) is 6.23 Å². The van der Waals surface area contributed by atoms with Crippen molar-refractivity contribution >= 4 is 0 Å². The summed E-state index contributed by atoms with van der Waals surface area (Å²) in [5.74, 6) is 4.99. The summed E-state index contributed by atoms with van der Waals surface area (Å²) in [7, 11) is 0. The van der Waals surface area contributed by atoms with Gasteiger partial charge in [-0.15, -0.1) is 0 Å². The molecule has 0 atom stereocenters. The van der Waals surface area contributed by atoms with Crippen molar-refractivity contribution < 1.29 is 4.74 Å². The highest BCUT2D eigenvalue weighted by atomic mass is 16.5. The number of ether oxygens (including phenoxy) is 1. The Morgan fingerprint density at radius 3 is 3.00 bits per heavy atom. The van der Waals surface area contributed by atoms with Gasteiger partial charge in [-0.1, -0.05) is 5.92 Å². The second-order valence-corrected chi connectivity index (χ2v) is 2.16. The van der Waals surface area contributed by atoms with Gasteiger partial charge in [0, 0.05) is 0 Å². The van der Waals surface area contributed by atoms with Crippen molar-refractivity contribution in [1.82, 2.24) is 14.8 Å². The lowest BCUT2D eigenvalue weighted by atomic mass is 10.6. The zero-order valence-electron chi connectivity index (χ0n) is 6.27. The van der Waals surface area contributed by atoms with Crippen molar-refractivity contribution in [2.24, 2.45) is 0 Å². The van der Waals surface area contributed by atoms with Crippen molar-refractivity contribution in [3.63, 3.8) is 0 Å². The molecule has 6 nitrogen and oxygen atoms in total. The Bertz CT molecular complexity index is 490. The van der Waals surface area contributed by atoms with Crippen LogP contribution in [0, 0.1) is 24.7 Å². The molecular formula is C7H3N3O3. The summed E-state index contributed by atoms with van der Waals surface area (Å²) in [6, 6.07) is 0. The molecule has 2 radical (unpaired) electrons. The Kier molecular flexibility index (Phi) is 1.72. The molecule has 0 aliphatic carbocycles. The Labute approximate surface area is 72.2 Å². The third-order valence-electron chi connectivity index (χ3n) is 1.31. The summed E-state index contributed by atoms with van der Waals surface area (Å²) in [5, 5.41) is 3.54. The maximum Gasteiger partial charge on any atom is 0.348 e. The van der Waals surface area contributed by atoms with E-state index in [0.717, 1.165) is 10.9 Å². The van der Waals surface area contributed by atoms with Crippen molar-refractivity contribution in [3.05, 3.63) is 39.9 Å². The number of nitrogens with one attached hydrogen (secondary N) is 1. The van der Waals surface area contributed by atoms with Crippen LogP contribution in [0.2, 0.25) is 0 Å². The first-order valence-electron chi connectivity index (χ1n) is 3.33. The van der Waals surface area contributed by atoms with Gasteiger partial charge in [-0.3, -0.25) is 9.78 Å². The largest absolute Gasteiger partial charge is 0.348 e. The molecule has 0 saturated heterocycles. The van der Waals surface area contributed by atoms with Crippen LogP contribution in [-0.4, -0.2) is 14.8 Å². The average Bonchev–Trinajstić information content (AvgIpc) is 2.56. The first-order valence-corrected chi connectivity index (χ1v) is 3.33. The molecule has 1 aromatic rings. The van der Waals surface area contributed by atoms with Crippen LogP contribution in [0.1, 0.15) is 0 Å². The summed E-state index contributed by atoms with van der Waals surface area (Å²) in [6.45, 7) is 1.23. The maximum absolute atomic E-state index is 11.1. The van der Waals surface area contributed by atoms with Gasteiger partial charge in [0.15, 0.2) is 6.61 Å². The Morgan fingerprint density at radius 2 is 2.38 bits per heavy atom. The van der Waals surface area contributed by atoms with Gasteiger partial charge in [0.05, 0.1) is 0 Å². The number of H-pyrrole nitrogens is 1. The van der Waals surface area contributed by atoms with Gasteiger partial charge in [-0.05, 0) is 5.92 Å². The standard InChI is InChI=1S/C7H3N3O3/c11-5-4-8-10(7(12)9-5)6-2-1-3-13-6/h3-4H,(H,9,11,12). The van der Waals surface area contributed by atoms with E-state index >= 15 is 0 Å². The van der Waals surface area contributed by atoms with Gasteiger partial charge in [-0.25, -0.2) is 4.79 Å². The van der Waals surface area contributed by atoms with E-state index in [2.05, 4.69) is 16.9 Å². The van der Waals surface area contributed by atoms with Crippen molar-refractivity contribution in [3.8, 4) is 11.8 Å². The lowest BCUT2D eigenvalue weighted by molar-refractivity contribution is 0.228. The van der Waals surface area contributed by atoms with Crippen LogP contribution >= 0.6 is 0 Å². The topological polar surface area (TPSA) is 77.0 Å². The van der Waals surface area contributed by atoms with E-state index in [9.17, 15) is 9.59 Å². The Balaban J connectivity index is 2.48. The Morgan fingerprint density at radius 1 is 1.54 bits per heavy atom. The van der Waals surface area contributed by atoms with E-state index in [4.69, 9.17) is 4.74 Å². The fourth-order valence-corrected chi connectivity index (χ4v) is 0.807. The predicted molar refractivity (Wildman–Crippen MR) is 40.9 cm³/mol. The molecule has 0 unspecified atom stereocenters. The number of aromatic amines is 1. The van der Waals surface area contributed by atoms with Gasteiger partial charge >= 0.3 is 5.69 Å². The number of rotatable bonds is 1. The molecule has 1 aromatic heterocycles. The summed E-state index contributed by atoms with van der Waals surface area (Å²) in [4.78, 5) is 23.7. The summed E-state index contributed by atoms with van der Waals surface area (Å²) in [5.41, 5.74) is -1.23. The van der Waals surface area contributed by atoms with Crippen LogP contribution in [0.4, 0.5) is 0 Å². The molecule has 13 heavy (non-hydrogen) atoms. The second kappa shape index (κ2) is 2.88. The monoisotopic (exact) mass is 177 g/mol. The molecule has 0 spiro atoms. The quantitative estimate of drug-likeness (QED) is 0.527. The smallest absolute Gasteiger partial charge is 0.318 e. The summed E-state index contributed by atoms with van der Waals surface area (Å²) >= 11 is 0. The van der Waals surface area contributed by atoms with E-state index in [0.29, 0.717) is 0 Å². The van der Waals surface area contributed by atoms with Gasteiger partial charge in [0.1, 0.15) is 6.20 Å². The molecule has 0 amide bonds. The van der Waals surface area contributed by atoms with Crippen molar-refractivity contribution in [2.45, 2.75) is 0 Å². The van der Waals surface area contributed by atoms with Crippen LogP contribution < -0.4 is 11.2 Å². The lowest BCUT2D eigenvalue weighted by Gasteiger charge is -2.04. The molecular weight excluding hydrogens is 174 g/mol. The number of hydrogen-bond acceptors (Lipinski definition) is 4. The molecule has 2 heterocycles. The normalized spacial score (nSPS) is 15.4. The number of nitrogens with zero attached hydrogens (tertiary/aromatic N) is 2. The van der Waals surface area contributed by atoms with Crippen LogP contribution in [0.3, 0.4) is 0 Å². The molecule has 2 rings (SSSR count). The average molecular weight is 177 g/mol. The summed E-state index contributed by atoms with van der Waals surface area (Å²) < 4.78 is 5.68. The predicted octanol–water partition coefficient (Wildman–Crippen LogP) is -1.54. The minimum absolute atomic E-state index is 0.0845. The number of hydrogen-bond donors (Lipinski definition) is 1. The minimum atomic E-state index is -0.674. The molecule has 0 bridgehead atoms. The zero-order valence-corrected chi connectivity index (χ0v) is 6.27. The van der Waals surface area contributed by atoms with Crippen molar-refractivity contribution in [1.29, 1.82) is 0 Å². The van der Waals surface area contributed by atoms with E-state index in [1.165, 1.54) is 6.61 Å². The zero-order chi connectivity index (χ0) is 9.26. The number of aromatic nitrogens is 3. The van der Waals surface area contributed by atoms with Crippen LogP contribution in [0.15, 0.2) is 15.8 Å². The minimum Gasteiger partial charge on any atom is -0.318 e. The molecule has 0 fully saturated rings. The fourth-order valence-electron chi connectivity index (χ4n) is 0.807. The summed E-state index contributed by atoms with van der Waals surface area (Å²) in [6.07, 6.45) is 1.05. The SMILES string of the molecule is O=c1cnn([C]2C#C[CH]O2)c(=O)[nH]1. The maximum atomic E-state index is 11.1. The lowest BCUT2D eigenvalue weighted by Crippen LogP contribution is -2.34. The van der Waals surface area contributed by atoms with E-state index in [1.807, 2.05) is 4.98 Å². The molecule has 1 aliphatic rings. The molecule has 1 N–H and O–H groups in total. The third kappa shape index (κ3) is 1.37. The van der Waals surface area contributed by atoms with E-state index < -0.39 is 11.2 Å². The highest BCUT2D eigenvalue weighted by Crippen LogP contribution is 2.06. The molecule has 6 heteroatoms. The highest BCUT2D eigenvalue weighted by molar-refractivity contribution is 5.25. The second-order valence-electron chi connectivity index (χ2n) is 2.16. The van der Waals surface area contributed by atoms with E-state index in [1.54, 1.807) is 0 Å². The van der Waals surface area contributed by atoms with Gasteiger partial charge in [0.2, 0.25) is 0 Å². The van der Waals surface area contributed by atoms with Gasteiger partial charge < -0.3 is 4.74 Å². The van der Waals surface area contributed by atoms with Crippen LogP contribution in [0.5, 0.6) is 0 Å². The molecule has 0 aromatic carbocycles. The Hall–Kier alpha value is -1.87. The fraction of sp³-hybridized carbons (Fsp3) is 0. The van der Waals surface area contributed by atoms with Crippen molar-refractivity contribution in [2.75, 3.05) is 0 Å². The van der Waals surface area contributed by atoms with Gasteiger partial charge in [-0.2, -0.15) is 9.78 Å². The first kappa shape index (κ1) is 7.76.